The molecule has 1 atom stereocenters. The van der Waals surface area contributed by atoms with Crippen molar-refractivity contribution in [2.24, 2.45) is 5.92 Å². The molecular formula is C15H23NO2S. The summed E-state index contributed by atoms with van der Waals surface area (Å²) in [4.78, 5) is 3.65. The van der Waals surface area contributed by atoms with Crippen LogP contribution in [0.15, 0.2) is 29.2 Å². The second-order valence-electron chi connectivity index (χ2n) is 5.02. The van der Waals surface area contributed by atoms with Gasteiger partial charge in [0, 0.05) is 24.6 Å². The Bertz CT molecular complexity index is 369. The van der Waals surface area contributed by atoms with Crippen LogP contribution in [0.2, 0.25) is 0 Å². The number of rotatable bonds is 6. The second-order valence-corrected chi connectivity index (χ2v) is 5.90. The number of likely N-dealkylation sites (tertiary alicyclic amines) is 1. The predicted octanol–water partition coefficient (Wildman–Crippen LogP) is 2.49. The molecule has 0 bridgehead atoms. The highest BCUT2D eigenvalue weighted by Crippen LogP contribution is 2.19. The van der Waals surface area contributed by atoms with Crippen LogP contribution < -0.4 is 4.74 Å². The molecule has 1 N–H and O–H groups in total. The van der Waals surface area contributed by atoms with Gasteiger partial charge in [-0.05, 0) is 55.8 Å². The third-order valence-electron chi connectivity index (χ3n) is 3.60. The first-order valence-electron chi connectivity index (χ1n) is 6.92. The minimum absolute atomic E-state index is 0.313. The summed E-state index contributed by atoms with van der Waals surface area (Å²) >= 11 is 1.74. The van der Waals surface area contributed by atoms with Crippen molar-refractivity contribution in [3.63, 3.8) is 0 Å². The number of benzene rings is 1. The third-order valence-corrected chi connectivity index (χ3v) is 4.34. The zero-order chi connectivity index (χ0) is 13.5. The first kappa shape index (κ1) is 14.7. The van der Waals surface area contributed by atoms with Gasteiger partial charge in [0.1, 0.15) is 12.4 Å². The van der Waals surface area contributed by atoms with Crippen LogP contribution in [-0.2, 0) is 0 Å². The van der Waals surface area contributed by atoms with Crippen molar-refractivity contribution in [2.75, 3.05) is 39.1 Å². The smallest absolute Gasteiger partial charge is 0.119 e. The quantitative estimate of drug-likeness (QED) is 0.812. The highest BCUT2D eigenvalue weighted by molar-refractivity contribution is 7.98. The monoisotopic (exact) mass is 281 g/mol. The summed E-state index contributed by atoms with van der Waals surface area (Å²) in [6.07, 6.45) is 4.42. The molecule has 1 heterocycles. The molecule has 106 valence electrons. The summed E-state index contributed by atoms with van der Waals surface area (Å²) in [6.45, 7) is 4.11. The molecule has 1 aliphatic heterocycles. The lowest BCUT2D eigenvalue weighted by atomic mass is 9.99. The average Bonchev–Trinajstić information content (AvgIpc) is 2.48. The van der Waals surface area contributed by atoms with E-state index >= 15 is 0 Å². The lowest BCUT2D eigenvalue weighted by Crippen LogP contribution is -2.39. The van der Waals surface area contributed by atoms with Gasteiger partial charge >= 0.3 is 0 Å². The largest absolute Gasteiger partial charge is 0.492 e. The van der Waals surface area contributed by atoms with Crippen LogP contribution in [0.4, 0.5) is 0 Å². The fraction of sp³-hybridized carbons (Fsp3) is 0.600. The van der Waals surface area contributed by atoms with Crippen LogP contribution in [0.3, 0.4) is 0 Å². The fourth-order valence-corrected chi connectivity index (χ4v) is 2.88. The number of aliphatic hydroxyl groups excluding tert-OH is 1. The van der Waals surface area contributed by atoms with Crippen molar-refractivity contribution in [2.45, 2.75) is 17.7 Å². The average molecular weight is 281 g/mol. The molecule has 1 aromatic rings. The highest BCUT2D eigenvalue weighted by atomic mass is 32.2. The molecule has 1 aliphatic rings. The van der Waals surface area contributed by atoms with Gasteiger partial charge in [-0.1, -0.05) is 0 Å². The molecule has 1 aromatic carbocycles. The minimum atomic E-state index is 0.313. The fourth-order valence-electron chi connectivity index (χ4n) is 2.47. The van der Waals surface area contributed by atoms with Crippen molar-refractivity contribution >= 4 is 11.8 Å². The second kappa shape index (κ2) is 7.78. The van der Waals surface area contributed by atoms with E-state index < -0.39 is 0 Å². The summed E-state index contributed by atoms with van der Waals surface area (Å²) in [5.74, 6) is 1.39. The number of piperidine rings is 1. The summed E-state index contributed by atoms with van der Waals surface area (Å²) in [7, 11) is 0. The summed E-state index contributed by atoms with van der Waals surface area (Å²) < 4.78 is 5.76. The molecule has 1 unspecified atom stereocenters. The molecule has 19 heavy (non-hydrogen) atoms. The maximum atomic E-state index is 9.20. The first-order chi connectivity index (χ1) is 9.31. The van der Waals surface area contributed by atoms with E-state index in [0.717, 1.165) is 38.4 Å². The van der Waals surface area contributed by atoms with Crippen molar-refractivity contribution in [3.05, 3.63) is 24.3 Å². The molecule has 2 rings (SSSR count). The molecule has 3 nitrogen and oxygen atoms in total. The maximum Gasteiger partial charge on any atom is 0.119 e. The number of aliphatic hydroxyl groups is 1. The lowest BCUT2D eigenvalue weighted by molar-refractivity contribution is 0.107. The van der Waals surface area contributed by atoms with Crippen LogP contribution in [0, 0.1) is 5.92 Å². The van der Waals surface area contributed by atoms with Crippen molar-refractivity contribution in [1.29, 1.82) is 0 Å². The minimum Gasteiger partial charge on any atom is -0.492 e. The van der Waals surface area contributed by atoms with Gasteiger partial charge in [-0.15, -0.1) is 11.8 Å². The van der Waals surface area contributed by atoms with Gasteiger partial charge in [0.15, 0.2) is 0 Å². The molecular weight excluding hydrogens is 258 g/mol. The van der Waals surface area contributed by atoms with Crippen molar-refractivity contribution < 1.29 is 9.84 Å². The number of hydrogen-bond donors (Lipinski definition) is 1. The van der Waals surface area contributed by atoms with E-state index in [4.69, 9.17) is 4.74 Å². The lowest BCUT2D eigenvalue weighted by Gasteiger charge is -2.31. The number of hydrogen-bond acceptors (Lipinski definition) is 4. The van der Waals surface area contributed by atoms with E-state index in [0.29, 0.717) is 12.5 Å². The van der Waals surface area contributed by atoms with Crippen LogP contribution in [-0.4, -0.2) is 49.1 Å². The standard InChI is InChI=1S/C15H23NO2S/c1-19-15-6-4-14(5-7-15)18-10-9-16-8-2-3-13(11-16)12-17/h4-7,13,17H,2-3,8-12H2,1H3. The Morgan fingerprint density at radius 1 is 1.37 bits per heavy atom. The molecule has 1 fully saturated rings. The highest BCUT2D eigenvalue weighted by Gasteiger charge is 2.18. The van der Waals surface area contributed by atoms with Gasteiger partial charge in [-0.2, -0.15) is 0 Å². The number of thioether (sulfide) groups is 1. The Morgan fingerprint density at radius 2 is 2.16 bits per heavy atom. The zero-order valence-corrected chi connectivity index (χ0v) is 12.4. The molecule has 0 aromatic heterocycles. The molecule has 1 saturated heterocycles. The van der Waals surface area contributed by atoms with Crippen molar-refractivity contribution in [3.8, 4) is 5.75 Å². The topological polar surface area (TPSA) is 32.7 Å². The van der Waals surface area contributed by atoms with Gasteiger partial charge in [-0.25, -0.2) is 0 Å². The van der Waals surface area contributed by atoms with Crippen LogP contribution in [0.25, 0.3) is 0 Å². The Kier molecular flexibility index (Phi) is 6.01. The Morgan fingerprint density at radius 3 is 2.84 bits per heavy atom. The molecule has 0 aliphatic carbocycles. The Balaban J connectivity index is 1.70. The van der Waals surface area contributed by atoms with E-state index in [9.17, 15) is 5.11 Å². The zero-order valence-electron chi connectivity index (χ0n) is 11.5. The SMILES string of the molecule is CSc1ccc(OCCN2CCCC(CO)C2)cc1. The summed E-state index contributed by atoms with van der Waals surface area (Å²) in [5.41, 5.74) is 0. The number of ether oxygens (including phenoxy) is 1. The predicted molar refractivity (Wildman–Crippen MR) is 80.0 cm³/mol. The van der Waals surface area contributed by atoms with Crippen LogP contribution in [0.1, 0.15) is 12.8 Å². The molecule has 0 saturated carbocycles. The van der Waals surface area contributed by atoms with Crippen LogP contribution in [0.5, 0.6) is 5.75 Å². The van der Waals surface area contributed by atoms with Gasteiger partial charge in [0.25, 0.3) is 0 Å². The Labute approximate surface area is 120 Å². The Hall–Kier alpha value is -0.710. The summed E-state index contributed by atoms with van der Waals surface area (Å²) in [6, 6.07) is 8.22. The first-order valence-corrected chi connectivity index (χ1v) is 8.14. The third kappa shape index (κ3) is 4.71. The maximum absolute atomic E-state index is 9.20. The van der Waals surface area contributed by atoms with E-state index in [-0.39, 0.29) is 0 Å². The van der Waals surface area contributed by atoms with Gasteiger partial charge in [0.05, 0.1) is 0 Å². The van der Waals surface area contributed by atoms with E-state index in [2.05, 4.69) is 23.3 Å². The van der Waals surface area contributed by atoms with Crippen molar-refractivity contribution in [1.82, 2.24) is 4.90 Å². The van der Waals surface area contributed by atoms with Gasteiger partial charge in [0.2, 0.25) is 0 Å². The molecule has 0 amide bonds. The normalized spacial score (nSPS) is 20.4. The molecule has 0 radical (unpaired) electrons. The molecule has 4 heteroatoms. The molecule has 0 spiro atoms. The van der Waals surface area contributed by atoms with E-state index in [1.54, 1.807) is 11.8 Å². The number of nitrogens with zero attached hydrogens (tertiary/aromatic N) is 1. The van der Waals surface area contributed by atoms with Gasteiger partial charge < -0.3 is 9.84 Å². The van der Waals surface area contributed by atoms with E-state index in [1.165, 1.54) is 11.3 Å². The van der Waals surface area contributed by atoms with Crippen LogP contribution >= 0.6 is 11.8 Å². The van der Waals surface area contributed by atoms with E-state index in [1.807, 2.05) is 12.1 Å². The summed E-state index contributed by atoms with van der Waals surface area (Å²) in [5, 5.41) is 9.20. The van der Waals surface area contributed by atoms with Gasteiger partial charge in [-0.3, -0.25) is 4.90 Å².